The van der Waals surface area contributed by atoms with Crippen molar-refractivity contribution in [2.24, 2.45) is 5.92 Å². The number of amides is 2. The molecule has 0 aliphatic carbocycles. The fourth-order valence-corrected chi connectivity index (χ4v) is 6.27. The van der Waals surface area contributed by atoms with Gasteiger partial charge in [0.05, 0.1) is 23.1 Å². The lowest BCUT2D eigenvalue weighted by Gasteiger charge is -2.26. The predicted octanol–water partition coefficient (Wildman–Crippen LogP) is 3.81. The number of anilines is 2. The summed E-state index contributed by atoms with van der Waals surface area (Å²) in [6, 6.07) is 12.3. The molecule has 1 atom stereocenters. The zero-order valence-corrected chi connectivity index (χ0v) is 21.1. The Kier molecular flexibility index (Phi) is 7.76. The third kappa shape index (κ3) is 5.36. The summed E-state index contributed by atoms with van der Waals surface area (Å²) in [6.07, 6.45) is 3.59. The summed E-state index contributed by atoms with van der Waals surface area (Å²) in [6.45, 7) is 5.49. The van der Waals surface area contributed by atoms with E-state index in [1.54, 1.807) is 11.0 Å². The summed E-state index contributed by atoms with van der Waals surface area (Å²) in [7, 11) is -3.67. The number of nitrogens with one attached hydrogen (secondary N) is 1. The Morgan fingerprint density at radius 2 is 1.83 bits per heavy atom. The summed E-state index contributed by atoms with van der Waals surface area (Å²) < 4.78 is 33.5. The Hall–Kier alpha value is -2.91. The Bertz CT molecular complexity index is 1190. The lowest BCUT2D eigenvalue weighted by atomic mass is 10.1. The summed E-state index contributed by atoms with van der Waals surface area (Å²) in [5.74, 6) is -0.582. The van der Waals surface area contributed by atoms with Crippen LogP contribution in [0.5, 0.6) is 5.75 Å². The normalized spacial score (nSPS) is 19.1. The number of hydrogen-bond acceptors (Lipinski definition) is 5. The molecule has 2 aromatic rings. The third-order valence-corrected chi connectivity index (χ3v) is 8.52. The zero-order valence-electron chi connectivity index (χ0n) is 20.3. The smallest absolute Gasteiger partial charge is 0.243 e. The van der Waals surface area contributed by atoms with Gasteiger partial charge in [0.25, 0.3) is 0 Å². The molecule has 2 amide bonds. The monoisotopic (exact) mass is 499 g/mol. The van der Waals surface area contributed by atoms with Gasteiger partial charge in [0.2, 0.25) is 21.8 Å². The van der Waals surface area contributed by atoms with Gasteiger partial charge in [-0.3, -0.25) is 9.59 Å². The number of sulfonamides is 1. The van der Waals surface area contributed by atoms with Gasteiger partial charge in [0.15, 0.2) is 0 Å². The van der Waals surface area contributed by atoms with E-state index in [1.165, 1.54) is 16.4 Å². The maximum Gasteiger partial charge on any atom is 0.243 e. The van der Waals surface area contributed by atoms with Crippen molar-refractivity contribution in [2.75, 3.05) is 36.5 Å². The lowest BCUT2D eigenvalue weighted by Crippen LogP contribution is -2.35. The summed E-state index contributed by atoms with van der Waals surface area (Å²) in [5.41, 5.74) is 2.19. The molecule has 0 bridgehead atoms. The van der Waals surface area contributed by atoms with E-state index in [4.69, 9.17) is 4.74 Å². The fraction of sp³-hybridized carbons (Fsp3) is 0.462. The standard InChI is InChI=1S/C26H33N3O5S/c1-3-19-10-6-7-11-23(19)29-18-20(16-25(29)30)26(31)27-22-17-21(12-13-24(22)34-4-2)35(32,33)28-14-8-5-9-15-28/h6-7,10-13,17,20H,3-5,8-9,14-16,18H2,1-2H3,(H,27,31)/t20-/m1/s1. The summed E-state index contributed by atoms with van der Waals surface area (Å²) >= 11 is 0. The average molecular weight is 500 g/mol. The molecule has 2 aromatic carbocycles. The van der Waals surface area contributed by atoms with Gasteiger partial charge in [-0.1, -0.05) is 31.5 Å². The Morgan fingerprint density at radius 1 is 1.09 bits per heavy atom. The minimum absolute atomic E-state index is 0.0968. The number of benzene rings is 2. The van der Waals surface area contributed by atoms with Crippen molar-refractivity contribution in [3.8, 4) is 5.75 Å². The molecule has 1 N–H and O–H groups in total. The van der Waals surface area contributed by atoms with Crippen LogP contribution < -0.4 is 15.0 Å². The lowest BCUT2D eigenvalue weighted by molar-refractivity contribution is -0.122. The van der Waals surface area contributed by atoms with Crippen LogP contribution in [0, 0.1) is 5.92 Å². The SMILES string of the molecule is CCOc1ccc(S(=O)(=O)N2CCCCC2)cc1NC(=O)[C@@H]1CC(=O)N(c2ccccc2CC)C1. The van der Waals surface area contributed by atoms with Crippen molar-refractivity contribution in [1.82, 2.24) is 4.31 Å². The second-order valence-corrected chi connectivity index (χ2v) is 10.9. The molecular weight excluding hydrogens is 466 g/mol. The second kappa shape index (κ2) is 10.8. The summed E-state index contributed by atoms with van der Waals surface area (Å²) in [5, 5.41) is 2.85. The molecule has 0 spiro atoms. The van der Waals surface area contributed by atoms with Gasteiger partial charge in [0, 0.05) is 31.7 Å². The quantitative estimate of drug-likeness (QED) is 0.596. The minimum atomic E-state index is -3.67. The van der Waals surface area contributed by atoms with E-state index < -0.39 is 15.9 Å². The molecule has 4 rings (SSSR count). The number of aryl methyl sites for hydroxylation is 1. The molecule has 8 nitrogen and oxygen atoms in total. The molecule has 0 unspecified atom stereocenters. The maximum atomic E-state index is 13.2. The van der Waals surface area contributed by atoms with E-state index in [0.29, 0.717) is 31.1 Å². The number of hydrogen-bond donors (Lipinski definition) is 1. The van der Waals surface area contributed by atoms with Gasteiger partial charge in [-0.25, -0.2) is 8.42 Å². The van der Waals surface area contributed by atoms with Crippen LogP contribution in [0.15, 0.2) is 47.4 Å². The van der Waals surface area contributed by atoms with Crippen molar-refractivity contribution < 1.29 is 22.7 Å². The first kappa shape index (κ1) is 25.2. The zero-order chi connectivity index (χ0) is 25.0. The first-order valence-corrected chi connectivity index (χ1v) is 13.7. The van der Waals surface area contributed by atoms with Crippen molar-refractivity contribution in [3.05, 3.63) is 48.0 Å². The van der Waals surface area contributed by atoms with Crippen molar-refractivity contribution in [2.45, 2.75) is 50.8 Å². The minimum Gasteiger partial charge on any atom is -0.492 e. The number of rotatable bonds is 8. The van der Waals surface area contributed by atoms with Crippen LogP contribution in [-0.4, -0.2) is 50.8 Å². The van der Waals surface area contributed by atoms with Crippen LogP contribution in [-0.2, 0) is 26.0 Å². The van der Waals surface area contributed by atoms with Crippen LogP contribution in [0.1, 0.15) is 45.1 Å². The first-order valence-electron chi connectivity index (χ1n) is 12.3. The Morgan fingerprint density at radius 3 is 2.54 bits per heavy atom. The highest BCUT2D eigenvalue weighted by Crippen LogP contribution is 2.33. The molecule has 0 saturated carbocycles. The van der Waals surface area contributed by atoms with Crippen molar-refractivity contribution in [1.29, 1.82) is 0 Å². The topological polar surface area (TPSA) is 96.0 Å². The van der Waals surface area contributed by atoms with E-state index in [2.05, 4.69) is 5.32 Å². The molecule has 9 heteroatoms. The van der Waals surface area contributed by atoms with Crippen LogP contribution >= 0.6 is 0 Å². The van der Waals surface area contributed by atoms with Crippen LogP contribution in [0.2, 0.25) is 0 Å². The first-order chi connectivity index (χ1) is 16.8. The van der Waals surface area contributed by atoms with Gasteiger partial charge in [-0.15, -0.1) is 0 Å². The number of ether oxygens (including phenoxy) is 1. The van der Waals surface area contributed by atoms with E-state index in [-0.39, 0.29) is 29.7 Å². The van der Waals surface area contributed by atoms with Crippen LogP contribution in [0.3, 0.4) is 0 Å². The van der Waals surface area contributed by atoms with Crippen molar-refractivity contribution >= 4 is 33.2 Å². The second-order valence-electron chi connectivity index (χ2n) is 8.93. The molecule has 2 aliphatic heterocycles. The molecule has 2 aliphatic rings. The highest BCUT2D eigenvalue weighted by atomic mass is 32.2. The molecule has 0 radical (unpaired) electrons. The average Bonchev–Trinajstić information content (AvgIpc) is 3.27. The number of piperidine rings is 1. The molecule has 2 fully saturated rings. The molecule has 0 aromatic heterocycles. The van der Waals surface area contributed by atoms with Gasteiger partial charge in [0.1, 0.15) is 5.75 Å². The highest BCUT2D eigenvalue weighted by Gasteiger charge is 2.36. The van der Waals surface area contributed by atoms with E-state index in [1.807, 2.05) is 38.1 Å². The number of carbonyl (C=O) groups excluding carboxylic acids is 2. The molecular formula is C26H33N3O5S. The third-order valence-electron chi connectivity index (χ3n) is 6.62. The Balaban J connectivity index is 1.55. The number of para-hydroxylation sites is 1. The van der Waals surface area contributed by atoms with E-state index in [0.717, 1.165) is 36.9 Å². The van der Waals surface area contributed by atoms with Gasteiger partial charge in [-0.2, -0.15) is 4.31 Å². The maximum absolute atomic E-state index is 13.2. The number of nitrogens with zero attached hydrogens (tertiary/aromatic N) is 2. The Labute approximate surface area is 207 Å². The molecule has 35 heavy (non-hydrogen) atoms. The van der Waals surface area contributed by atoms with Crippen LogP contribution in [0.4, 0.5) is 11.4 Å². The van der Waals surface area contributed by atoms with Crippen LogP contribution in [0.25, 0.3) is 0 Å². The predicted molar refractivity (Wildman–Crippen MR) is 135 cm³/mol. The fourth-order valence-electron chi connectivity index (χ4n) is 4.73. The van der Waals surface area contributed by atoms with Gasteiger partial charge in [-0.05, 0) is 56.0 Å². The van der Waals surface area contributed by atoms with E-state index in [9.17, 15) is 18.0 Å². The highest BCUT2D eigenvalue weighted by molar-refractivity contribution is 7.89. The largest absolute Gasteiger partial charge is 0.492 e. The van der Waals surface area contributed by atoms with Gasteiger partial charge >= 0.3 is 0 Å². The molecule has 188 valence electrons. The molecule has 2 heterocycles. The van der Waals surface area contributed by atoms with Crippen molar-refractivity contribution in [3.63, 3.8) is 0 Å². The van der Waals surface area contributed by atoms with Gasteiger partial charge < -0.3 is 15.0 Å². The number of carbonyl (C=O) groups is 2. The molecule has 2 saturated heterocycles. The summed E-state index contributed by atoms with van der Waals surface area (Å²) in [4.78, 5) is 27.8. The van der Waals surface area contributed by atoms with E-state index >= 15 is 0 Å².